The fourth-order valence-electron chi connectivity index (χ4n) is 5.46. The van der Waals surface area contributed by atoms with E-state index in [1.54, 1.807) is 6.07 Å². The molecule has 29 heavy (non-hydrogen) atoms. The second kappa shape index (κ2) is 9.66. The van der Waals surface area contributed by atoms with E-state index in [2.05, 4.69) is 6.92 Å². The summed E-state index contributed by atoms with van der Waals surface area (Å²) in [5.74, 6) is 1.46. The quantitative estimate of drug-likeness (QED) is 0.502. The molecule has 1 atom stereocenters. The Balaban J connectivity index is 0.00000160. The van der Waals surface area contributed by atoms with Crippen molar-refractivity contribution in [3.05, 3.63) is 23.3 Å². The minimum absolute atomic E-state index is 0. The molecular formula is C25H42F2O2. The summed E-state index contributed by atoms with van der Waals surface area (Å²) in [6.45, 7) is 4.75. The summed E-state index contributed by atoms with van der Waals surface area (Å²) in [6.07, 6.45) is 11.8. The van der Waals surface area contributed by atoms with Gasteiger partial charge < -0.3 is 9.47 Å². The molecule has 0 spiro atoms. The van der Waals surface area contributed by atoms with E-state index in [0.29, 0.717) is 18.9 Å². The van der Waals surface area contributed by atoms with Crippen LogP contribution in [0.25, 0.3) is 0 Å². The summed E-state index contributed by atoms with van der Waals surface area (Å²) >= 11 is 0. The number of ether oxygens (including phenoxy) is 2. The van der Waals surface area contributed by atoms with Crippen LogP contribution in [-0.2, 0) is 6.42 Å². The summed E-state index contributed by atoms with van der Waals surface area (Å²) in [5, 5.41) is 0. The number of fused-ring (bicyclic) bond motifs is 1. The minimum atomic E-state index is -0.905. The van der Waals surface area contributed by atoms with Crippen molar-refractivity contribution in [2.75, 3.05) is 6.61 Å². The maximum atomic E-state index is 14.4. The van der Waals surface area contributed by atoms with Crippen molar-refractivity contribution in [3.8, 4) is 11.5 Å². The topological polar surface area (TPSA) is 18.5 Å². The number of rotatable bonds is 4. The van der Waals surface area contributed by atoms with Crippen molar-refractivity contribution < 1.29 is 21.1 Å². The maximum Gasteiger partial charge on any atom is 0.204 e. The van der Waals surface area contributed by atoms with Crippen LogP contribution in [0.2, 0.25) is 0 Å². The van der Waals surface area contributed by atoms with Gasteiger partial charge in [0, 0.05) is 8.42 Å². The summed E-state index contributed by atoms with van der Waals surface area (Å²) < 4.78 is 40.1. The lowest BCUT2D eigenvalue weighted by Gasteiger charge is -2.37. The molecule has 0 bridgehead atoms. The average Bonchev–Trinajstić information content (AvgIpc) is 2.71. The van der Waals surface area contributed by atoms with Crippen LogP contribution in [0, 0.1) is 35.3 Å². The number of hydrogen-bond donors (Lipinski definition) is 0. The van der Waals surface area contributed by atoms with Gasteiger partial charge in [0.1, 0.15) is 0 Å². The van der Waals surface area contributed by atoms with E-state index < -0.39 is 11.6 Å². The first-order valence-corrected chi connectivity index (χ1v) is 11.3. The summed E-state index contributed by atoms with van der Waals surface area (Å²) in [6, 6.07) is 1.65. The van der Waals surface area contributed by atoms with Gasteiger partial charge in [-0.1, -0.05) is 27.2 Å². The Bertz CT molecular complexity index is 685. The maximum absolute atomic E-state index is 14.4. The van der Waals surface area contributed by atoms with E-state index in [1.807, 2.05) is 6.92 Å². The molecular weight excluding hydrogens is 370 g/mol. The highest BCUT2D eigenvalue weighted by atomic mass is 19.2. The lowest BCUT2D eigenvalue weighted by atomic mass is 9.69. The predicted molar refractivity (Wildman–Crippen MR) is 118 cm³/mol. The van der Waals surface area contributed by atoms with Crippen LogP contribution < -0.4 is 9.47 Å². The molecule has 0 N–H and O–H groups in total. The van der Waals surface area contributed by atoms with Crippen LogP contribution in [0.5, 0.6) is 11.5 Å². The molecule has 1 aromatic rings. The third kappa shape index (κ3) is 5.06. The molecule has 4 rings (SSSR count). The number of aryl methyl sites for hydroxylation is 1. The van der Waals surface area contributed by atoms with Crippen LogP contribution in [0.3, 0.4) is 0 Å². The molecule has 4 heteroatoms. The fourth-order valence-corrected chi connectivity index (χ4v) is 5.46. The van der Waals surface area contributed by atoms with Gasteiger partial charge in [-0.25, -0.2) is 0 Å². The molecule has 1 aliphatic heterocycles. The normalized spacial score (nSPS) is 31.9. The molecule has 1 unspecified atom stereocenters. The van der Waals surface area contributed by atoms with Gasteiger partial charge in [-0.2, -0.15) is 8.78 Å². The SMILES string of the molecule is C.CC1CCC(C2CCC(COc3cc4c(c(F)c3F)OC(C)CC4)CC2)CC1.[HH].[HH]. The molecule has 1 heterocycles. The van der Waals surface area contributed by atoms with E-state index in [-0.39, 0.29) is 27.9 Å². The Labute approximate surface area is 178 Å². The van der Waals surface area contributed by atoms with Crippen LogP contribution in [-0.4, -0.2) is 12.7 Å². The van der Waals surface area contributed by atoms with E-state index in [0.717, 1.165) is 42.6 Å². The molecule has 0 amide bonds. The van der Waals surface area contributed by atoms with Crippen molar-refractivity contribution in [3.63, 3.8) is 0 Å². The molecule has 0 saturated heterocycles. The smallest absolute Gasteiger partial charge is 0.204 e. The van der Waals surface area contributed by atoms with E-state index >= 15 is 0 Å². The van der Waals surface area contributed by atoms with Crippen molar-refractivity contribution in [1.29, 1.82) is 0 Å². The van der Waals surface area contributed by atoms with Crippen LogP contribution >= 0.6 is 0 Å². The Hall–Kier alpha value is -1.32. The van der Waals surface area contributed by atoms with Gasteiger partial charge in [0.15, 0.2) is 11.5 Å². The second-order valence-corrected chi connectivity index (χ2v) is 9.57. The molecule has 2 saturated carbocycles. The number of benzene rings is 1. The third-order valence-electron chi connectivity index (χ3n) is 7.44. The lowest BCUT2D eigenvalue weighted by Crippen LogP contribution is -2.27. The highest BCUT2D eigenvalue weighted by molar-refractivity contribution is 5.44. The van der Waals surface area contributed by atoms with Crippen molar-refractivity contribution in [2.45, 2.75) is 91.6 Å². The Morgan fingerprint density at radius 1 is 0.931 bits per heavy atom. The van der Waals surface area contributed by atoms with Gasteiger partial charge in [-0.15, -0.1) is 0 Å². The molecule has 2 nitrogen and oxygen atoms in total. The Morgan fingerprint density at radius 3 is 2.21 bits per heavy atom. The first kappa shape index (κ1) is 22.4. The fraction of sp³-hybridized carbons (Fsp3) is 0.760. The standard InChI is InChI=1S/C24H34F2O2.CH4.2H2/c1-15-3-8-18(9-4-15)19-11-6-17(7-12-19)14-27-21-13-20-10-5-16(2)28-24(20)23(26)22(21)25;;;/h13,15-19H,3-12,14H2,1-2H3;1H4;2*1H. The van der Waals surface area contributed by atoms with Gasteiger partial charge in [-0.05, 0) is 88.0 Å². The Morgan fingerprint density at radius 2 is 1.55 bits per heavy atom. The monoisotopic (exact) mass is 412 g/mol. The molecule has 2 fully saturated rings. The molecule has 2 aliphatic carbocycles. The average molecular weight is 413 g/mol. The van der Waals surface area contributed by atoms with Crippen LogP contribution in [0.4, 0.5) is 8.78 Å². The highest BCUT2D eigenvalue weighted by Gasteiger charge is 2.31. The first-order valence-electron chi connectivity index (χ1n) is 11.3. The second-order valence-electron chi connectivity index (χ2n) is 9.57. The van der Waals surface area contributed by atoms with Gasteiger partial charge >= 0.3 is 0 Å². The zero-order chi connectivity index (χ0) is 19.7. The van der Waals surface area contributed by atoms with Crippen LogP contribution in [0.15, 0.2) is 6.07 Å². The predicted octanol–water partition coefficient (Wildman–Crippen LogP) is 7.82. The van der Waals surface area contributed by atoms with Crippen LogP contribution in [0.1, 0.15) is 87.5 Å². The summed E-state index contributed by atoms with van der Waals surface area (Å²) in [4.78, 5) is 0. The van der Waals surface area contributed by atoms with Crippen molar-refractivity contribution in [1.82, 2.24) is 0 Å². The number of hydrogen-bond acceptors (Lipinski definition) is 2. The van der Waals surface area contributed by atoms with E-state index in [9.17, 15) is 8.78 Å². The molecule has 1 aromatic carbocycles. The van der Waals surface area contributed by atoms with Gasteiger partial charge in [-0.3, -0.25) is 0 Å². The van der Waals surface area contributed by atoms with Gasteiger partial charge in [0.05, 0.1) is 12.7 Å². The highest BCUT2D eigenvalue weighted by Crippen LogP contribution is 2.42. The largest absolute Gasteiger partial charge is 0.490 e. The Kier molecular flexibility index (Phi) is 7.45. The molecule has 3 aliphatic rings. The third-order valence-corrected chi connectivity index (χ3v) is 7.44. The zero-order valence-electron chi connectivity index (χ0n) is 17.3. The molecule has 0 radical (unpaired) electrons. The van der Waals surface area contributed by atoms with Gasteiger partial charge in [0.2, 0.25) is 11.6 Å². The summed E-state index contributed by atoms with van der Waals surface area (Å²) in [5.41, 5.74) is 0.724. The van der Waals surface area contributed by atoms with E-state index in [1.165, 1.54) is 38.5 Å². The molecule has 168 valence electrons. The van der Waals surface area contributed by atoms with Crippen molar-refractivity contribution >= 4 is 0 Å². The first-order chi connectivity index (χ1) is 13.5. The summed E-state index contributed by atoms with van der Waals surface area (Å²) in [7, 11) is 0. The minimum Gasteiger partial charge on any atom is -0.490 e. The molecule has 0 aromatic heterocycles. The van der Waals surface area contributed by atoms with Gasteiger partial charge in [0.25, 0.3) is 0 Å². The van der Waals surface area contributed by atoms with Crippen molar-refractivity contribution in [2.24, 2.45) is 23.7 Å². The van der Waals surface area contributed by atoms with E-state index in [4.69, 9.17) is 9.47 Å². The zero-order valence-corrected chi connectivity index (χ0v) is 17.3. The number of halogens is 2. The lowest BCUT2D eigenvalue weighted by molar-refractivity contribution is 0.123.